The van der Waals surface area contributed by atoms with Crippen LogP contribution in [-0.4, -0.2) is 49.3 Å². The lowest BCUT2D eigenvalue weighted by Crippen LogP contribution is -2.33. The fraction of sp³-hybridized carbons (Fsp3) is 0.286. The van der Waals surface area contributed by atoms with Gasteiger partial charge in [-0.15, -0.1) is 5.10 Å². The quantitative estimate of drug-likeness (QED) is 0.641. The number of hydrogen-bond donors (Lipinski definition) is 1. The minimum atomic E-state index is -0.183. The van der Waals surface area contributed by atoms with Crippen LogP contribution in [-0.2, 0) is 0 Å². The number of nitrogens with zero attached hydrogens (tertiary/aromatic N) is 5. The normalized spacial score (nSPS) is 13.8. The molecule has 4 rings (SSSR count). The zero-order chi connectivity index (χ0) is 20.9. The smallest absolute Gasteiger partial charge is 0.289 e. The lowest BCUT2D eigenvalue weighted by molar-refractivity contribution is 0.102. The van der Waals surface area contributed by atoms with Crippen LogP contribution in [0.4, 0.5) is 10.5 Å². The molecule has 1 N–H and O–H groups in total. The van der Waals surface area contributed by atoms with E-state index in [2.05, 4.69) is 20.8 Å². The minimum absolute atomic E-state index is 0.0465. The number of hydrogen-bond acceptors (Lipinski definition) is 6. The fourth-order valence-electron chi connectivity index (χ4n) is 3.37. The Bertz CT molecular complexity index is 1060. The second kappa shape index (κ2) is 9.08. The first-order valence-electron chi connectivity index (χ1n) is 9.84. The number of tetrazole rings is 1. The highest BCUT2D eigenvalue weighted by Gasteiger charge is 2.21. The van der Waals surface area contributed by atoms with Gasteiger partial charge >= 0.3 is 0 Å². The van der Waals surface area contributed by atoms with Gasteiger partial charge in [0.25, 0.3) is 11.1 Å². The van der Waals surface area contributed by atoms with Crippen molar-refractivity contribution < 1.29 is 9.59 Å². The maximum atomic E-state index is 12.6. The SMILES string of the molecule is Cc1ccccc1C(=O)Nc1cccc(-n2nnnc2SC(=O)N2CCCCC2)c1. The number of carbonyl (C=O) groups is 2. The third-order valence-corrected chi connectivity index (χ3v) is 5.84. The van der Waals surface area contributed by atoms with Crippen LogP contribution in [0.25, 0.3) is 5.69 Å². The first kappa shape index (κ1) is 20.1. The second-order valence-corrected chi connectivity index (χ2v) is 8.03. The molecule has 1 aromatic heterocycles. The van der Waals surface area contributed by atoms with Crippen LogP contribution in [0, 0.1) is 6.92 Å². The number of nitrogens with one attached hydrogen (secondary N) is 1. The molecular formula is C21H22N6O2S. The Balaban J connectivity index is 1.50. The Morgan fingerprint density at radius 1 is 1.03 bits per heavy atom. The molecule has 3 aromatic rings. The van der Waals surface area contributed by atoms with Crippen molar-refractivity contribution in [3.05, 3.63) is 59.7 Å². The van der Waals surface area contributed by atoms with Gasteiger partial charge in [-0.2, -0.15) is 4.68 Å². The molecule has 0 radical (unpaired) electrons. The third kappa shape index (κ3) is 4.51. The van der Waals surface area contributed by atoms with Crippen molar-refractivity contribution in [3.63, 3.8) is 0 Å². The summed E-state index contributed by atoms with van der Waals surface area (Å²) in [6.45, 7) is 3.44. The van der Waals surface area contributed by atoms with Gasteiger partial charge in [-0.25, -0.2) is 0 Å². The van der Waals surface area contributed by atoms with Gasteiger partial charge in [0.2, 0.25) is 5.16 Å². The van der Waals surface area contributed by atoms with Crippen molar-refractivity contribution in [2.24, 2.45) is 0 Å². The number of rotatable bonds is 4. The molecule has 30 heavy (non-hydrogen) atoms. The first-order chi connectivity index (χ1) is 14.6. The average molecular weight is 423 g/mol. The van der Waals surface area contributed by atoms with Crippen LogP contribution < -0.4 is 5.32 Å². The summed E-state index contributed by atoms with van der Waals surface area (Å²) < 4.78 is 1.51. The summed E-state index contributed by atoms with van der Waals surface area (Å²) in [5, 5.41) is 15.0. The molecule has 1 aliphatic rings. The largest absolute Gasteiger partial charge is 0.333 e. The van der Waals surface area contributed by atoms with E-state index in [4.69, 9.17) is 0 Å². The summed E-state index contributed by atoms with van der Waals surface area (Å²) >= 11 is 1.02. The van der Waals surface area contributed by atoms with E-state index in [0.717, 1.165) is 49.7 Å². The van der Waals surface area contributed by atoms with E-state index in [9.17, 15) is 9.59 Å². The van der Waals surface area contributed by atoms with Gasteiger partial charge in [0.1, 0.15) is 0 Å². The Hall–Kier alpha value is -3.20. The number of thioether (sulfide) groups is 1. The lowest BCUT2D eigenvalue weighted by Gasteiger charge is -2.25. The lowest BCUT2D eigenvalue weighted by atomic mass is 10.1. The van der Waals surface area contributed by atoms with E-state index < -0.39 is 0 Å². The standard InChI is InChI=1S/C21H22N6O2S/c1-15-8-3-4-11-18(15)19(28)22-16-9-7-10-17(14-16)27-20(23-24-25-27)30-21(29)26-12-5-2-6-13-26/h3-4,7-11,14H,2,5-6,12-13H2,1H3,(H,22,28). The number of likely N-dealkylation sites (tertiary alicyclic amines) is 1. The topological polar surface area (TPSA) is 93.0 Å². The number of benzene rings is 2. The van der Waals surface area contributed by atoms with Gasteiger partial charge in [0.15, 0.2) is 0 Å². The fourth-order valence-corrected chi connectivity index (χ4v) is 4.14. The molecule has 1 aliphatic heterocycles. The third-order valence-electron chi connectivity index (χ3n) is 4.97. The zero-order valence-electron chi connectivity index (χ0n) is 16.6. The highest BCUT2D eigenvalue weighted by atomic mass is 32.2. The maximum Gasteiger partial charge on any atom is 0.289 e. The number of aryl methyl sites for hydroxylation is 1. The molecule has 8 nitrogen and oxygen atoms in total. The van der Waals surface area contributed by atoms with E-state index in [1.165, 1.54) is 4.68 Å². The van der Waals surface area contributed by atoms with Gasteiger partial charge in [-0.05, 0) is 66.4 Å². The Morgan fingerprint density at radius 2 is 1.83 bits per heavy atom. The molecule has 0 saturated carbocycles. The van der Waals surface area contributed by atoms with Crippen molar-refractivity contribution in [2.45, 2.75) is 31.3 Å². The molecule has 1 fully saturated rings. The van der Waals surface area contributed by atoms with E-state index >= 15 is 0 Å². The van der Waals surface area contributed by atoms with Crippen LogP contribution in [0.3, 0.4) is 0 Å². The Labute approximate surface area is 178 Å². The summed E-state index contributed by atoms with van der Waals surface area (Å²) in [4.78, 5) is 27.0. The summed E-state index contributed by atoms with van der Waals surface area (Å²) in [6.07, 6.45) is 3.22. The van der Waals surface area contributed by atoms with Gasteiger partial charge in [-0.3, -0.25) is 9.59 Å². The minimum Gasteiger partial charge on any atom is -0.333 e. The number of aromatic nitrogens is 4. The average Bonchev–Trinajstić information content (AvgIpc) is 3.23. The maximum absolute atomic E-state index is 12.6. The van der Waals surface area contributed by atoms with Crippen LogP contribution >= 0.6 is 11.8 Å². The summed E-state index contributed by atoms with van der Waals surface area (Å²) in [7, 11) is 0. The van der Waals surface area contributed by atoms with E-state index in [1.54, 1.807) is 18.2 Å². The van der Waals surface area contributed by atoms with Gasteiger partial charge in [-0.1, -0.05) is 24.3 Å². The molecule has 9 heteroatoms. The molecule has 2 aromatic carbocycles. The molecule has 2 heterocycles. The van der Waals surface area contributed by atoms with Crippen molar-refractivity contribution in [1.29, 1.82) is 0 Å². The molecular weight excluding hydrogens is 400 g/mol. The Kier molecular flexibility index (Phi) is 6.08. The van der Waals surface area contributed by atoms with Gasteiger partial charge < -0.3 is 10.2 Å². The predicted molar refractivity (Wildman–Crippen MR) is 115 cm³/mol. The van der Waals surface area contributed by atoms with E-state index in [-0.39, 0.29) is 11.1 Å². The van der Waals surface area contributed by atoms with Crippen LogP contribution in [0.5, 0.6) is 0 Å². The molecule has 0 aliphatic carbocycles. The van der Waals surface area contributed by atoms with Crippen molar-refractivity contribution in [1.82, 2.24) is 25.1 Å². The molecule has 0 spiro atoms. The summed E-state index contributed by atoms with van der Waals surface area (Å²) in [6, 6.07) is 14.6. The van der Waals surface area contributed by atoms with Crippen LogP contribution in [0.15, 0.2) is 53.7 Å². The number of anilines is 1. The van der Waals surface area contributed by atoms with Crippen molar-refractivity contribution in [3.8, 4) is 5.69 Å². The summed E-state index contributed by atoms with van der Waals surface area (Å²) in [5.41, 5.74) is 2.81. The highest BCUT2D eigenvalue weighted by Crippen LogP contribution is 2.24. The number of carbonyl (C=O) groups excluding carboxylic acids is 2. The molecule has 0 atom stereocenters. The summed E-state index contributed by atoms with van der Waals surface area (Å²) in [5.74, 6) is -0.183. The molecule has 154 valence electrons. The van der Waals surface area contributed by atoms with Crippen LogP contribution in [0.2, 0.25) is 0 Å². The monoisotopic (exact) mass is 422 g/mol. The molecule has 0 bridgehead atoms. The zero-order valence-corrected chi connectivity index (χ0v) is 17.4. The van der Waals surface area contributed by atoms with Crippen molar-refractivity contribution >= 4 is 28.6 Å². The number of amides is 2. The Morgan fingerprint density at radius 3 is 2.63 bits per heavy atom. The van der Waals surface area contributed by atoms with Crippen LogP contribution in [0.1, 0.15) is 35.2 Å². The van der Waals surface area contributed by atoms with Gasteiger partial charge in [0.05, 0.1) is 5.69 Å². The van der Waals surface area contributed by atoms with Crippen molar-refractivity contribution in [2.75, 3.05) is 18.4 Å². The predicted octanol–water partition coefficient (Wildman–Crippen LogP) is 3.92. The van der Waals surface area contributed by atoms with Gasteiger partial charge in [0, 0.05) is 36.1 Å². The highest BCUT2D eigenvalue weighted by molar-refractivity contribution is 8.13. The second-order valence-electron chi connectivity index (χ2n) is 7.11. The van der Waals surface area contributed by atoms with E-state index in [0.29, 0.717) is 22.1 Å². The first-order valence-corrected chi connectivity index (χ1v) is 10.7. The molecule has 0 unspecified atom stereocenters. The molecule has 1 saturated heterocycles. The molecule has 2 amide bonds. The van der Waals surface area contributed by atoms with E-state index in [1.807, 2.05) is 42.2 Å². The number of piperidine rings is 1.